The smallest absolute Gasteiger partial charge is 0.274 e. The predicted octanol–water partition coefficient (Wildman–Crippen LogP) is 3.43. The first-order chi connectivity index (χ1) is 13.1. The lowest BCUT2D eigenvalue weighted by atomic mass is 10.1. The summed E-state index contributed by atoms with van der Waals surface area (Å²) in [6, 6.07) is 16.8. The molecule has 0 saturated carbocycles. The number of nitrogens with one attached hydrogen (secondary N) is 2. The molecule has 0 aromatic heterocycles. The summed E-state index contributed by atoms with van der Waals surface area (Å²) < 4.78 is 5.84. The number of benzene rings is 2. The highest BCUT2D eigenvalue weighted by atomic mass is 16.6. The van der Waals surface area contributed by atoms with Gasteiger partial charge in [0.25, 0.3) is 5.69 Å². The van der Waals surface area contributed by atoms with E-state index < -0.39 is 0 Å². The van der Waals surface area contributed by atoms with Crippen LogP contribution in [0.15, 0.2) is 59.6 Å². The molecule has 0 aliphatic carbocycles. The number of ether oxygens (including phenoxy) is 1. The van der Waals surface area contributed by atoms with Gasteiger partial charge in [-0.2, -0.15) is 0 Å². The highest BCUT2D eigenvalue weighted by Crippen LogP contribution is 2.17. The number of guanidine groups is 1. The summed E-state index contributed by atoms with van der Waals surface area (Å²) in [7, 11) is 1.67. The van der Waals surface area contributed by atoms with Crippen LogP contribution in [-0.4, -0.2) is 31.1 Å². The number of hydrogen-bond donors (Lipinski definition) is 2. The third-order valence-electron chi connectivity index (χ3n) is 4.11. The second-order valence-corrected chi connectivity index (χ2v) is 6.02. The highest BCUT2D eigenvalue weighted by Gasteiger charge is 2.12. The Kier molecular flexibility index (Phi) is 8.25. The van der Waals surface area contributed by atoms with Gasteiger partial charge in [0.2, 0.25) is 0 Å². The molecule has 0 spiro atoms. The maximum absolute atomic E-state index is 11.1. The molecule has 0 saturated heterocycles. The molecule has 0 heterocycles. The number of nitro groups is 1. The summed E-state index contributed by atoms with van der Waals surface area (Å²) in [5, 5.41) is 17.3. The van der Waals surface area contributed by atoms with Gasteiger partial charge in [0, 0.05) is 38.4 Å². The van der Waals surface area contributed by atoms with Crippen molar-refractivity contribution in [3.05, 3.63) is 75.8 Å². The molecule has 0 aliphatic heterocycles. The van der Waals surface area contributed by atoms with E-state index in [1.165, 1.54) is 6.07 Å². The van der Waals surface area contributed by atoms with Gasteiger partial charge in [-0.25, -0.2) is 0 Å². The fraction of sp³-hybridized carbons (Fsp3) is 0.350. The molecule has 2 N–H and O–H groups in total. The zero-order chi connectivity index (χ0) is 19.5. The van der Waals surface area contributed by atoms with Crippen LogP contribution in [0.2, 0.25) is 0 Å². The van der Waals surface area contributed by atoms with Crippen molar-refractivity contribution in [3.63, 3.8) is 0 Å². The maximum Gasteiger partial charge on any atom is 0.274 e. The van der Waals surface area contributed by atoms with Gasteiger partial charge in [0.1, 0.15) is 0 Å². The van der Waals surface area contributed by atoms with E-state index in [4.69, 9.17) is 4.74 Å². The van der Waals surface area contributed by atoms with Crippen LogP contribution in [-0.2, 0) is 11.3 Å². The third kappa shape index (κ3) is 6.71. The Bertz CT molecular complexity index is 750. The highest BCUT2D eigenvalue weighted by molar-refractivity contribution is 5.79. The SMILES string of the molecule is CN=C(NCCCOC(C)c1ccccc1)NCc1ccccc1[N+](=O)[O-]. The molecule has 7 heteroatoms. The average molecular weight is 370 g/mol. The molecule has 1 atom stereocenters. The van der Waals surface area contributed by atoms with Crippen LogP contribution in [0.25, 0.3) is 0 Å². The van der Waals surface area contributed by atoms with E-state index in [0.29, 0.717) is 31.2 Å². The van der Waals surface area contributed by atoms with Crippen LogP contribution in [0.4, 0.5) is 5.69 Å². The third-order valence-corrected chi connectivity index (χ3v) is 4.11. The molecule has 2 aromatic rings. The van der Waals surface area contributed by atoms with E-state index in [2.05, 4.69) is 27.8 Å². The van der Waals surface area contributed by atoms with Crippen LogP contribution in [0.1, 0.15) is 30.6 Å². The fourth-order valence-corrected chi connectivity index (χ4v) is 2.60. The first-order valence-corrected chi connectivity index (χ1v) is 8.95. The van der Waals surface area contributed by atoms with Crippen LogP contribution in [0.5, 0.6) is 0 Å². The van der Waals surface area contributed by atoms with Crippen molar-refractivity contribution in [2.75, 3.05) is 20.2 Å². The quantitative estimate of drug-likeness (QED) is 0.232. The average Bonchev–Trinajstić information content (AvgIpc) is 2.70. The lowest BCUT2D eigenvalue weighted by Crippen LogP contribution is -2.37. The Morgan fingerprint density at radius 1 is 1.15 bits per heavy atom. The molecule has 7 nitrogen and oxygen atoms in total. The van der Waals surface area contributed by atoms with E-state index in [-0.39, 0.29) is 16.7 Å². The molecular formula is C20H26N4O3. The Morgan fingerprint density at radius 2 is 1.85 bits per heavy atom. The van der Waals surface area contributed by atoms with E-state index in [0.717, 1.165) is 12.0 Å². The number of nitrogens with zero attached hydrogens (tertiary/aromatic N) is 2. The summed E-state index contributed by atoms with van der Waals surface area (Å²) in [6.45, 7) is 3.69. The van der Waals surface area contributed by atoms with Crippen LogP contribution < -0.4 is 10.6 Å². The first kappa shape index (κ1) is 20.4. The number of hydrogen-bond acceptors (Lipinski definition) is 4. The minimum atomic E-state index is -0.377. The van der Waals surface area contributed by atoms with Gasteiger partial charge < -0.3 is 15.4 Å². The predicted molar refractivity (Wildman–Crippen MR) is 107 cm³/mol. The fourth-order valence-electron chi connectivity index (χ4n) is 2.60. The van der Waals surface area contributed by atoms with Gasteiger partial charge in [-0.05, 0) is 18.9 Å². The van der Waals surface area contributed by atoms with Crippen molar-refractivity contribution in [1.82, 2.24) is 10.6 Å². The first-order valence-electron chi connectivity index (χ1n) is 8.95. The van der Waals surface area contributed by atoms with Crippen molar-refractivity contribution in [2.24, 2.45) is 4.99 Å². The minimum Gasteiger partial charge on any atom is -0.374 e. The van der Waals surface area contributed by atoms with Gasteiger partial charge in [-0.15, -0.1) is 0 Å². The summed E-state index contributed by atoms with van der Waals surface area (Å²) in [5.41, 5.74) is 1.88. The number of para-hydroxylation sites is 1. The van der Waals surface area contributed by atoms with Crippen molar-refractivity contribution in [1.29, 1.82) is 0 Å². The second-order valence-electron chi connectivity index (χ2n) is 6.02. The van der Waals surface area contributed by atoms with Gasteiger partial charge in [-0.3, -0.25) is 15.1 Å². The number of aliphatic imine (C=N–C) groups is 1. The topological polar surface area (TPSA) is 88.8 Å². The van der Waals surface area contributed by atoms with Gasteiger partial charge in [-0.1, -0.05) is 48.5 Å². The zero-order valence-corrected chi connectivity index (χ0v) is 15.7. The van der Waals surface area contributed by atoms with Gasteiger partial charge in [0.05, 0.1) is 11.0 Å². The Balaban J connectivity index is 1.70. The molecule has 1 unspecified atom stereocenters. The lowest BCUT2D eigenvalue weighted by molar-refractivity contribution is -0.385. The minimum absolute atomic E-state index is 0.0577. The second kappa shape index (κ2) is 10.9. The molecule has 0 fully saturated rings. The van der Waals surface area contributed by atoms with Gasteiger partial charge >= 0.3 is 0 Å². The Morgan fingerprint density at radius 3 is 2.56 bits per heavy atom. The largest absolute Gasteiger partial charge is 0.374 e. The molecule has 2 rings (SSSR count). The van der Waals surface area contributed by atoms with E-state index in [9.17, 15) is 10.1 Å². The molecule has 0 aliphatic rings. The summed E-state index contributed by atoms with van der Waals surface area (Å²) >= 11 is 0. The molecular weight excluding hydrogens is 344 g/mol. The molecule has 2 aromatic carbocycles. The molecule has 144 valence electrons. The zero-order valence-electron chi connectivity index (χ0n) is 15.7. The van der Waals surface area contributed by atoms with Crippen LogP contribution in [0, 0.1) is 10.1 Å². The van der Waals surface area contributed by atoms with Crippen molar-refractivity contribution >= 4 is 11.6 Å². The normalized spacial score (nSPS) is 12.4. The summed E-state index contributed by atoms with van der Waals surface area (Å²) in [5.74, 6) is 0.601. The summed E-state index contributed by atoms with van der Waals surface area (Å²) in [6.07, 6.45) is 0.880. The molecule has 0 amide bonds. The summed E-state index contributed by atoms with van der Waals surface area (Å²) in [4.78, 5) is 14.8. The Hall–Kier alpha value is -2.93. The van der Waals surface area contributed by atoms with Crippen molar-refractivity contribution in [3.8, 4) is 0 Å². The van der Waals surface area contributed by atoms with E-state index >= 15 is 0 Å². The monoisotopic (exact) mass is 370 g/mol. The van der Waals surface area contributed by atoms with E-state index in [1.807, 2.05) is 25.1 Å². The van der Waals surface area contributed by atoms with Crippen LogP contribution in [0.3, 0.4) is 0 Å². The number of rotatable bonds is 9. The van der Waals surface area contributed by atoms with E-state index in [1.54, 1.807) is 25.2 Å². The standard InChI is InChI=1S/C20H26N4O3/c1-16(17-9-4-3-5-10-17)27-14-8-13-22-20(21-2)23-15-18-11-6-7-12-19(18)24(25)26/h3-7,9-12,16H,8,13-15H2,1-2H3,(H2,21,22,23). The van der Waals surface area contributed by atoms with Crippen LogP contribution >= 0.6 is 0 Å². The maximum atomic E-state index is 11.1. The number of nitro benzene ring substituents is 1. The molecule has 27 heavy (non-hydrogen) atoms. The lowest BCUT2D eigenvalue weighted by Gasteiger charge is -2.15. The van der Waals surface area contributed by atoms with Gasteiger partial charge in [0.15, 0.2) is 5.96 Å². The molecule has 0 radical (unpaired) electrons. The van der Waals surface area contributed by atoms with Crippen molar-refractivity contribution in [2.45, 2.75) is 26.0 Å². The van der Waals surface area contributed by atoms with Crippen molar-refractivity contribution < 1.29 is 9.66 Å². The molecule has 0 bridgehead atoms. The Labute approximate surface area is 159 Å².